The molecule has 0 fully saturated rings. The first-order valence-corrected chi connectivity index (χ1v) is 11.7. The van der Waals surface area contributed by atoms with Gasteiger partial charge in [0, 0.05) is 5.56 Å². The van der Waals surface area contributed by atoms with Crippen LogP contribution >= 0.6 is 22.9 Å². The normalized spacial score (nSPS) is 11.4. The monoisotopic (exact) mass is 462 g/mol. The summed E-state index contributed by atoms with van der Waals surface area (Å²) in [6.45, 7) is 1.69. The van der Waals surface area contributed by atoms with Gasteiger partial charge in [0.2, 0.25) is 10.0 Å². The van der Waals surface area contributed by atoms with Gasteiger partial charge in [0.25, 0.3) is 0 Å². The van der Waals surface area contributed by atoms with Crippen LogP contribution in [0.25, 0.3) is 11.3 Å². The highest BCUT2D eigenvalue weighted by Crippen LogP contribution is 2.41. The van der Waals surface area contributed by atoms with E-state index < -0.39 is 16.0 Å². The average molecular weight is 463 g/mol. The van der Waals surface area contributed by atoms with E-state index in [1.165, 1.54) is 7.11 Å². The molecule has 3 aromatic rings. The zero-order valence-corrected chi connectivity index (χ0v) is 18.4. The maximum Gasteiger partial charge on any atom is 0.338 e. The lowest BCUT2D eigenvalue weighted by Crippen LogP contribution is -2.09. The fraction of sp³-hybridized carbons (Fsp3) is 0.176. The molecular formula is C17H14N6O4S3. The van der Waals surface area contributed by atoms with E-state index in [9.17, 15) is 18.5 Å². The van der Waals surface area contributed by atoms with Gasteiger partial charge in [-0.3, -0.25) is 4.72 Å². The molecule has 0 atom stereocenters. The number of methoxy groups -OCH3 is 1. The Labute approximate surface area is 180 Å². The minimum absolute atomic E-state index is 0.0575. The van der Waals surface area contributed by atoms with Crippen molar-refractivity contribution < 1.29 is 17.9 Å². The average Bonchev–Trinajstić information content (AvgIpc) is 3.26. The van der Waals surface area contributed by atoms with Crippen LogP contribution < -0.4 is 4.72 Å². The number of azo groups is 1. The molecule has 0 radical (unpaired) electrons. The fourth-order valence-electron chi connectivity index (χ4n) is 2.38. The van der Waals surface area contributed by atoms with E-state index in [2.05, 4.69) is 24.3 Å². The van der Waals surface area contributed by atoms with Gasteiger partial charge in [0.15, 0.2) is 15.1 Å². The molecule has 2 heterocycles. The molecule has 2 aromatic heterocycles. The molecule has 0 aliphatic heterocycles. The van der Waals surface area contributed by atoms with Gasteiger partial charge >= 0.3 is 5.97 Å². The molecule has 154 valence electrons. The van der Waals surface area contributed by atoms with Gasteiger partial charge in [-0.05, 0) is 24.5 Å². The first-order chi connectivity index (χ1) is 14.2. The number of thiazole rings is 1. The Morgan fingerprint density at radius 2 is 1.97 bits per heavy atom. The third-order valence-corrected chi connectivity index (χ3v) is 6.03. The zero-order valence-electron chi connectivity index (χ0n) is 15.9. The standard InChI is InChI=1S/C17H14N6O4S3/c1-9-12(8-18)14(29-22-9)20-21-15-13(19-17(28-15)23-30(3,25)26)10-6-4-5-7-11(10)16(24)27-2/h4-7H,1-3H3,(H,19,23). The Balaban J connectivity index is 2.14. The number of nitrogens with zero attached hydrogens (tertiary/aromatic N) is 5. The van der Waals surface area contributed by atoms with E-state index in [0.29, 0.717) is 21.8 Å². The number of nitrogens with one attached hydrogen (secondary N) is 1. The number of hydrogen-bond donors (Lipinski definition) is 1. The highest BCUT2D eigenvalue weighted by Gasteiger charge is 2.21. The molecule has 0 aliphatic rings. The second-order valence-corrected chi connectivity index (χ2v) is 9.32. The Hall–Kier alpha value is -3.21. The quantitative estimate of drug-likeness (QED) is 0.430. The summed E-state index contributed by atoms with van der Waals surface area (Å²) in [6, 6.07) is 8.59. The zero-order chi connectivity index (χ0) is 21.9. The van der Waals surface area contributed by atoms with Gasteiger partial charge in [0.05, 0.1) is 24.6 Å². The molecule has 3 rings (SSSR count). The number of nitriles is 1. The SMILES string of the molecule is COC(=O)c1ccccc1-c1nc(NS(C)(=O)=O)sc1N=Nc1snc(C)c1C#N. The number of anilines is 1. The van der Waals surface area contributed by atoms with Crippen LogP contribution in [0.5, 0.6) is 0 Å². The van der Waals surface area contributed by atoms with Crippen LogP contribution in [0.1, 0.15) is 21.6 Å². The smallest absolute Gasteiger partial charge is 0.338 e. The molecule has 1 aromatic carbocycles. The van der Waals surface area contributed by atoms with E-state index in [-0.39, 0.29) is 21.4 Å². The van der Waals surface area contributed by atoms with Crippen LogP contribution in [0.3, 0.4) is 0 Å². The molecule has 10 nitrogen and oxygen atoms in total. The van der Waals surface area contributed by atoms with Crippen molar-refractivity contribution in [2.24, 2.45) is 10.2 Å². The number of aryl methyl sites for hydroxylation is 1. The Kier molecular flexibility index (Phi) is 6.20. The highest BCUT2D eigenvalue weighted by molar-refractivity contribution is 7.92. The van der Waals surface area contributed by atoms with Crippen LogP contribution in [0, 0.1) is 18.3 Å². The van der Waals surface area contributed by atoms with Gasteiger partial charge in [-0.15, -0.1) is 10.2 Å². The molecule has 0 bridgehead atoms. The Morgan fingerprint density at radius 3 is 2.63 bits per heavy atom. The topological polar surface area (TPSA) is 147 Å². The van der Waals surface area contributed by atoms with Gasteiger partial charge in [-0.1, -0.05) is 29.5 Å². The molecule has 0 amide bonds. The van der Waals surface area contributed by atoms with Crippen LogP contribution in [0.2, 0.25) is 0 Å². The number of esters is 1. The minimum atomic E-state index is -3.59. The van der Waals surface area contributed by atoms with Crippen molar-refractivity contribution in [3.8, 4) is 17.3 Å². The molecule has 30 heavy (non-hydrogen) atoms. The predicted octanol–water partition coefficient (Wildman–Crippen LogP) is 4.02. The van der Waals surface area contributed by atoms with Crippen molar-refractivity contribution in [2.75, 3.05) is 18.1 Å². The van der Waals surface area contributed by atoms with Crippen LogP contribution in [0.4, 0.5) is 15.1 Å². The molecule has 0 spiro atoms. The van der Waals surface area contributed by atoms with Crippen molar-refractivity contribution in [3.05, 3.63) is 41.1 Å². The largest absolute Gasteiger partial charge is 0.465 e. The Morgan fingerprint density at radius 1 is 1.27 bits per heavy atom. The van der Waals surface area contributed by atoms with Crippen molar-refractivity contribution in [2.45, 2.75) is 6.92 Å². The van der Waals surface area contributed by atoms with E-state index in [1.807, 2.05) is 6.07 Å². The van der Waals surface area contributed by atoms with E-state index in [4.69, 9.17) is 4.74 Å². The predicted molar refractivity (Wildman–Crippen MR) is 113 cm³/mol. The first kappa shape index (κ1) is 21.5. The minimum Gasteiger partial charge on any atom is -0.465 e. The third kappa shape index (κ3) is 4.67. The summed E-state index contributed by atoms with van der Waals surface area (Å²) in [7, 11) is -2.33. The number of ether oxygens (including phenoxy) is 1. The fourth-order valence-corrected chi connectivity index (χ4v) is 4.69. The number of sulfonamides is 1. The lowest BCUT2D eigenvalue weighted by Gasteiger charge is -2.05. The summed E-state index contributed by atoms with van der Waals surface area (Å²) in [5.41, 5.74) is 1.72. The molecule has 0 unspecified atom stereocenters. The van der Waals surface area contributed by atoms with Crippen molar-refractivity contribution in [3.63, 3.8) is 0 Å². The lowest BCUT2D eigenvalue weighted by atomic mass is 10.1. The lowest BCUT2D eigenvalue weighted by molar-refractivity contribution is 0.0601. The van der Waals surface area contributed by atoms with Crippen molar-refractivity contribution in [1.82, 2.24) is 9.36 Å². The maximum atomic E-state index is 12.2. The molecule has 0 saturated carbocycles. The number of aromatic nitrogens is 2. The third-order valence-electron chi connectivity index (χ3n) is 3.66. The van der Waals surface area contributed by atoms with Crippen LogP contribution in [-0.4, -0.2) is 37.1 Å². The van der Waals surface area contributed by atoms with Crippen molar-refractivity contribution >= 4 is 54.0 Å². The molecule has 1 N–H and O–H groups in total. The van der Waals surface area contributed by atoms with Crippen molar-refractivity contribution in [1.29, 1.82) is 5.26 Å². The second kappa shape index (κ2) is 8.66. The number of benzene rings is 1. The van der Waals surface area contributed by atoms with E-state index >= 15 is 0 Å². The molecule has 0 aliphatic carbocycles. The summed E-state index contributed by atoms with van der Waals surface area (Å²) in [4.78, 5) is 16.5. The summed E-state index contributed by atoms with van der Waals surface area (Å²) in [5.74, 6) is -0.580. The summed E-state index contributed by atoms with van der Waals surface area (Å²) in [5, 5.41) is 18.1. The van der Waals surface area contributed by atoms with Crippen LogP contribution in [0.15, 0.2) is 34.5 Å². The van der Waals surface area contributed by atoms with Crippen LogP contribution in [-0.2, 0) is 14.8 Å². The van der Waals surface area contributed by atoms with E-state index in [1.54, 1.807) is 31.2 Å². The molecular weight excluding hydrogens is 448 g/mol. The number of carbonyl (C=O) groups excluding carboxylic acids is 1. The van der Waals surface area contributed by atoms with Gasteiger partial charge in [-0.2, -0.15) is 9.64 Å². The maximum absolute atomic E-state index is 12.2. The van der Waals surface area contributed by atoms with Gasteiger partial charge in [0.1, 0.15) is 17.3 Å². The molecule has 0 saturated heterocycles. The number of hydrogen-bond acceptors (Lipinski definition) is 11. The number of carbonyl (C=O) groups is 1. The Bertz CT molecular complexity index is 1290. The summed E-state index contributed by atoms with van der Waals surface area (Å²) >= 11 is 1.95. The summed E-state index contributed by atoms with van der Waals surface area (Å²) in [6.07, 6.45) is 0.997. The number of rotatable bonds is 6. The van der Waals surface area contributed by atoms with E-state index in [0.717, 1.165) is 29.1 Å². The van der Waals surface area contributed by atoms with Gasteiger partial charge < -0.3 is 4.74 Å². The second-order valence-electron chi connectivity index (χ2n) is 5.84. The van der Waals surface area contributed by atoms with Gasteiger partial charge in [-0.25, -0.2) is 18.2 Å². The highest BCUT2D eigenvalue weighted by atomic mass is 32.2. The summed E-state index contributed by atoms with van der Waals surface area (Å²) < 4.78 is 34.5. The first-order valence-electron chi connectivity index (χ1n) is 8.18. The molecule has 13 heteroatoms.